The molecule has 3 rings (SSSR count). The number of carbonyl (C=O) groups is 3. The van der Waals surface area contributed by atoms with Gasteiger partial charge in [-0.2, -0.15) is 0 Å². The topological polar surface area (TPSA) is 95.0 Å². The first-order chi connectivity index (χ1) is 13.5. The lowest BCUT2D eigenvalue weighted by molar-refractivity contribution is -0.144. The van der Waals surface area contributed by atoms with E-state index in [1.54, 1.807) is 48.5 Å². The lowest BCUT2D eigenvalue weighted by Crippen LogP contribution is -2.47. The quantitative estimate of drug-likeness (QED) is 0.587. The van der Waals surface area contributed by atoms with Gasteiger partial charge >= 0.3 is 12.0 Å². The summed E-state index contributed by atoms with van der Waals surface area (Å²) < 4.78 is 0. The molecule has 0 aromatic heterocycles. The minimum atomic E-state index is -1.41. The molecule has 0 radical (unpaired) electrons. The number of aliphatic carboxylic acids is 1. The molecule has 7 heteroatoms. The van der Waals surface area contributed by atoms with Crippen molar-refractivity contribution in [1.82, 2.24) is 9.80 Å². The van der Waals surface area contributed by atoms with Gasteiger partial charge in [-0.1, -0.05) is 60.7 Å². The van der Waals surface area contributed by atoms with Gasteiger partial charge in [-0.3, -0.25) is 4.79 Å². The fourth-order valence-corrected chi connectivity index (χ4v) is 3.36. The maximum absolute atomic E-state index is 13.1. The summed E-state index contributed by atoms with van der Waals surface area (Å²) in [6.45, 7) is 0.0916. The summed E-state index contributed by atoms with van der Waals surface area (Å²) in [5.74, 6) is -0.676. The molecule has 2 atom stereocenters. The van der Waals surface area contributed by atoms with Gasteiger partial charge in [-0.15, -0.1) is 0 Å². The van der Waals surface area contributed by atoms with E-state index in [0.717, 1.165) is 16.0 Å². The lowest BCUT2D eigenvalue weighted by Gasteiger charge is -2.22. The summed E-state index contributed by atoms with van der Waals surface area (Å²) >= 11 is 0. The lowest BCUT2D eigenvalue weighted by atomic mass is 10.0. The number of carboxylic acid groups (broad SMARTS) is 1. The Kier molecular flexibility index (Phi) is 5.67. The van der Waals surface area contributed by atoms with Crippen molar-refractivity contribution >= 4 is 23.7 Å². The van der Waals surface area contributed by atoms with E-state index in [1.807, 2.05) is 12.1 Å². The van der Waals surface area contributed by atoms with Crippen LogP contribution in [0.4, 0.5) is 4.79 Å². The van der Waals surface area contributed by atoms with E-state index in [2.05, 4.69) is 0 Å². The van der Waals surface area contributed by atoms with Crippen LogP contribution in [0.5, 0.6) is 0 Å². The Hall–Kier alpha value is -3.70. The molecule has 142 valence electrons. The highest BCUT2D eigenvalue weighted by Gasteiger charge is 2.52. The molecule has 1 aliphatic heterocycles. The Morgan fingerprint density at radius 1 is 0.893 bits per heavy atom. The average molecular weight is 378 g/mol. The van der Waals surface area contributed by atoms with Crippen molar-refractivity contribution in [3.63, 3.8) is 0 Å². The van der Waals surface area contributed by atoms with Crippen molar-refractivity contribution < 1.29 is 24.3 Å². The van der Waals surface area contributed by atoms with E-state index in [1.165, 1.54) is 10.8 Å². The number of carboxylic acids is 1. The number of urea groups is 1. The molecular formula is C21H18N2O5. The largest absolute Gasteiger partial charge is 0.480 e. The minimum absolute atomic E-state index is 0.0382. The third kappa shape index (κ3) is 3.84. The summed E-state index contributed by atoms with van der Waals surface area (Å²) in [5, 5.41) is 9.77. The molecule has 1 saturated heterocycles. The molecule has 1 heterocycles. The minimum Gasteiger partial charge on any atom is -0.480 e. The number of nitrogens with zero attached hydrogens (tertiary/aromatic N) is 2. The predicted octanol–water partition coefficient (Wildman–Crippen LogP) is 1.90. The highest BCUT2D eigenvalue weighted by atomic mass is 16.4. The van der Waals surface area contributed by atoms with Crippen LogP contribution in [0.3, 0.4) is 0 Å². The van der Waals surface area contributed by atoms with Gasteiger partial charge in [0, 0.05) is 13.1 Å². The second-order valence-electron chi connectivity index (χ2n) is 6.40. The number of hydrogen-bond acceptors (Lipinski definition) is 4. The Morgan fingerprint density at radius 2 is 1.36 bits per heavy atom. The molecule has 1 unspecified atom stereocenters. The van der Waals surface area contributed by atoms with Gasteiger partial charge < -0.3 is 14.9 Å². The SMILES string of the molecule is O=C=CC(=O)C1[C@@H](C(=O)O)N(Cc2ccccc2)C(=O)N1Cc1ccccc1. The van der Waals surface area contributed by atoms with Gasteiger partial charge in [0.25, 0.3) is 0 Å². The Labute approximate surface area is 161 Å². The second kappa shape index (κ2) is 8.33. The van der Waals surface area contributed by atoms with Crippen molar-refractivity contribution in [2.45, 2.75) is 25.2 Å². The van der Waals surface area contributed by atoms with Crippen LogP contribution in [0.15, 0.2) is 66.7 Å². The molecule has 0 spiro atoms. The third-order valence-electron chi connectivity index (χ3n) is 4.60. The van der Waals surface area contributed by atoms with Gasteiger partial charge in [-0.25, -0.2) is 14.4 Å². The summed E-state index contributed by atoms with van der Waals surface area (Å²) in [6, 6.07) is 14.6. The third-order valence-corrected chi connectivity index (χ3v) is 4.60. The normalized spacial score (nSPS) is 18.6. The van der Waals surface area contributed by atoms with Crippen LogP contribution >= 0.6 is 0 Å². The van der Waals surface area contributed by atoms with Gasteiger partial charge in [-0.05, 0) is 11.1 Å². The molecule has 2 aromatic rings. The van der Waals surface area contributed by atoms with Gasteiger partial charge in [0.1, 0.15) is 12.0 Å². The maximum Gasteiger partial charge on any atom is 0.329 e. The van der Waals surface area contributed by atoms with Crippen molar-refractivity contribution in [3.05, 3.63) is 77.9 Å². The van der Waals surface area contributed by atoms with E-state index in [-0.39, 0.29) is 13.1 Å². The van der Waals surface area contributed by atoms with E-state index in [0.29, 0.717) is 6.08 Å². The summed E-state index contributed by atoms with van der Waals surface area (Å²) in [7, 11) is 0. The van der Waals surface area contributed by atoms with Crippen LogP contribution in [0.25, 0.3) is 0 Å². The molecule has 0 saturated carbocycles. The van der Waals surface area contributed by atoms with Crippen LogP contribution in [0.1, 0.15) is 11.1 Å². The first-order valence-corrected chi connectivity index (χ1v) is 8.65. The highest BCUT2D eigenvalue weighted by molar-refractivity contribution is 6.06. The zero-order chi connectivity index (χ0) is 20.1. The van der Waals surface area contributed by atoms with Crippen molar-refractivity contribution in [2.24, 2.45) is 0 Å². The van der Waals surface area contributed by atoms with Crippen LogP contribution in [-0.2, 0) is 27.5 Å². The molecule has 1 N–H and O–H groups in total. The van der Waals surface area contributed by atoms with Crippen molar-refractivity contribution in [2.75, 3.05) is 0 Å². The van der Waals surface area contributed by atoms with Crippen LogP contribution in [-0.4, -0.2) is 50.7 Å². The average Bonchev–Trinajstić information content (AvgIpc) is 2.96. The monoisotopic (exact) mass is 378 g/mol. The summed E-state index contributed by atoms with van der Waals surface area (Å²) in [4.78, 5) is 50.6. The molecule has 0 bridgehead atoms. The zero-order valence-electron chi connectivity index (χ0n) is 14.9. The molecule has 1 aliphatic rings. The number of hydrogen-bond donors (Lipinski definition) is 1. The Morgan fingerprint density at radius 3 is 1.79 bits per heavy atom. The van der Waals surface area contributed by atoms with E-state index in [9.17, 15) is 24.3 Å². The fraction of sp³-hybridized carbons (Fsp3) is 0.190. The van der Waals surface area contributed by atoms with Gasteiger partial charge in [0.05, 0.1) is 6.08 Å². The number of benzene rings is 2. The highest BCUT2D eigenvalue weighted by Crippen LogP contribution is 2.28. The van der Waals surface area contributed by atoms with E-state index in [4.69, 9.17) is 0 Å². The standard InChI is InChI=1S/C21H18N2O5/c24-12-11-17(25)18-19(20(26)27)23(14-16-9-5-2-6-10-16)21(28)22(18)13-15-7-3-1-4-8-15/h1-11,18-19H,13-14H2,(H,26,27)/t18?,19-/m0/s1. The first-order valence-electron chi connectivity index (χ1n) is 8.65. The number of carbonyl (C=O) groups excluding carboxylic acids is 3. The zero-order valence-corrected chi connectivity index (χ0v) is 14.9. The number of ketones is 1. The predicted molar refractivity (Wildman–Crippen MR) is 99.8 cm³/mol. The molecule has 7 nitrogen and oxygen atoms in total. The second-order valence-corrected chi connectivity index (χ2v) is 6.40. The molecule has 2 aromatic carbocycles. The van der Waals surface area contributed by atoms with Crippen LogP contribution in [0.2, 0.25) is 0 Å². The van der Waals surface area contributed by atoms with E-state index >= 15 is 0 Å². The van der Waals surface area contributed by atoms with Crippen molar-refractivity contribution in [3.8, 4) is 0 Å². The summed E-state index contributed by atoms with van der Waals surface area (Å²) in [5.41, 5.74) is 1.48. The smallest absolute Gasteiger partial charge is 0.329 e. The molecule has 1 fully saturated rings. The molecular weight excluding hydrogens is 360 g/mol. The van der Waals surface area contributed by atoms with E-state index < -0.39 is 29.9 Å². The number of rotatable bonds is 7. The van der Waals surface area contributed by atoms with Gasteiger partial charge in [0.15, 0.2) is 11.8 Å². The van der Waals surface area contributed by atoms with Gasteiger partial charge in [0.2, 0.25) is 0 Å². The molecule has 2 amide bonds. The molecule has 28 heavy (non-hydrogen) atoms. The first kappa shape index (κ1) is 19.1. The fourth-order valence-electron chi connectivity index (χ4n) is 3.36. The maximum atomic E-state index is 13.1. The van der Waals surface area contributed by atoms with Crippen LogP contribution < -0.4 is 0 Å². The Balaban J connectivity index is 2.00. The number of amides is 2. The Bertz CT molecular complexity index is 922. The molecule has 0 aliphatic carbocycles. The van der Waals surface area contributed by atoms with Crippen LogP contribution in [0, 0.1) is 0 Å². The summed E-state index contributed by atoms with van der Waals surface area (Å²) in [6.07, 6.45) is 0.651. The van der Waals surface area contributed by atoms with Crippen molar-refractivity contribution in [1.29, 1.82) is 0 Å².